The smallest absolute Gasteiger partial charge is 0.107 e. The van der Waals surface area contributed by atoms with Crippen LogP contribution in [0.2, 0.25) is 0 Å². The highest BCUT2D eigenvalue weighted by atomic mass is 32.1. The predicted molar refractivity (Wildman–Crippen MR) is 28.6 cm³/mol. The zero-order valence-electron chi connectivity index (χ0n) is 3.63. The van der Waals surface area contributed by atoms with Crippen LogP contribution in [0, 0.1) is 0 Å². The number of nitrogens with one attached hydrogen (secondary N) is 1. The average Bonchev–Trinajstić information content (AvgIpc) is 1.90. The molecule has 0 bridgehead atoms. The second-order valence-corrected chi connectivity index (χ2v) is 1.69. The molecule has 0 aliphatic rings. The highest BCUT2D eigenvalue weighted by molar-refractivity contribution is 7.03. The van der Waals surface area contributed by atoms with Crippen molar-refractivity contribution in [2.24, 2.45) is 0 Å². The molecule has 0 aliphatic heterocycles. The van der Waals surface area contributed by atoms with Crippen molar-refractivity contribution >= 4 is 11.5 Å². The molecule has 0 spiro atoms. The van der Waals surface area contributed by atoms with Crippen LogP contribution in [0.15, 0.2) is 28.5 Å². The van der Waals surface area contributed by atoms with Gasteiger partial charge in [-0.15, -0.1) is 0 Å². The molecule has 38 valence electrons. The van der Waals surface area contributed by atoms with Crippen molar-refractivity contribution in [3.8, 4) is 0 Å². The fourth-order valence-corrected chi connectivity index (χ4v) is 0.583. The third-order valence-electron chi connectivity index (χ3n) is 0.485. The van der Waals surface area contributed by atoms with E-state index >= 15 is 0 Å². The summed E-state index contributed by atoms with van der Waals surface area (Å²) in [4.78, 5) is 0. The maximum Gasteiger partial charge on any atom is 0.107 e. The zero-order valence-corrected chi connectivity index (χ0v) is 4.44. The number of hydrogen-bond donors (Lipinski definition) is 1. The van der Waals surface area contributed by atoms with Crippen LogP contribution in [0.4, 0.5) is 0 Å². The number of aromatic amines is 1. The van der Waals surface area contributed by atoms with Crippen molar-refractivity contribution in [3.05, 3.63) is 24.1 Å². The van der Waals surface area contributed by atoms with Crippen molar-refractivity contribution in [1.29, 1.82) is 0 Å². The SMILES string of the molecule is c1coccs[nH]1. The quantitative estimate of drug-likeness (QED) is 0.548. The highest BCUT2D eigenvalue weighted by Gasteiger charge is 1.58. The molecule has 1 aromatic rings. The Morgan fingerprint density at radius 2 is 2.43 bits per heavy atom. The Bertz CT molecular complexity index is 99.7. The molecule has 0 atom stereocenters. The van der Waals surface area contributed by atoms with E-state index in [9.17, 15) is 0 Å². The number of rotatable bonds is 0. The first-order valence-electron chi connectivity index (χ1n) is 1.87. The third-order valence-corrected chi connectivity index (χ3v) is 1.00. The fourth-order valence-electron chi connectivity index (χ4n) is 0.251. The van der Waals surface area contributed by atoms with Gasteiger partial charge in [0.15, 0.2) is 0 Å². The van der Waals surface area contributed by atoms with Gasteiger partial charge in [0.1, 0.15) is 12.5 Å². The molecule has 1 aromatic heterocycles. The van der Waals surface area contributed by atoms with E-state index in [2.05, 4.69) is 4.37 Å². The number of aromatic nitrogens is 1. The Balaban J connectivity index is 3.06. The van der Waals surface area contributed by atoms with Gasteiger partial charge in [-0.2, -0.15) is 0 Å². The molecule has 0 saturated carbocycles. The van der Waals surface area contributed by atoms with E-state index in [1.54, 1.807) is 18.7 Å². The monoisotopic (exact) mass is 115 g/mol. The van der Waals surface area contributed by atoms with Crippen molar-refractivity contribution in [3.63, 3.8) is 0 Å². The zero-order chi connectivity index (χ0) is 4.95. The van der Waals surface area contributed by atoms with E-state index in [0.29, 0.717) is 0 Å². The molecule has 0 aliphatic carbocycles. The molecular weight excluding hydrogens is 110 g/mol. The van der Waals surface area contributed by atoms with E-state index in [0.717, 1.165) is 0 Å². The Morgan fingerprint density at radius 1 is 1.43 bits per heavy atom. The molecule has 0 radical (unpaired) electrons. The molecule has 1 heterocycles. The van der Waals surface area contributed by atoms with Gasteiger partial charge in [-0.05, 0) is 0 Å². The average molecular weight is 115 g/mol. The van der Waals surface area contributed by atoms with Gasteiger partial charge in [0, 0.05) is 11.6 Å². The molecule has 0 aromatic carbocycles. The second kappa shape index (κ2) is 2.47. The maximum absolute atomic E-state index is 4.75. The van der Waals surface area contributed by atoms with Gasteiger partial charge in [0.25, 0.3) is 0 Å². The summed E-state index contributed by atoms with van der Waals surface area (Å²) in [6.07, 6.45) is 4.92. The topological polar surface area (TPSA) is 28.9 Å². The summed E-state index contributed by atoms with van der Waals surface area (Å²) >= 11 is 1.47. The van der Waals surface area contributed by atoms with E-state index in [1.165, 1.54) is 11.5 Å². The first-order valence-corrected chi connectivity index (χ1v) is 2.75. The molecule has 7 heavy (non-hydrogen) atoms. The first kappa shape index (κ1) is 4.46. The lowest BCUT2D eigenvalue weighted by molar-refractivity contribution is 0.555. The van der Waals surface area contributed by atoms with E-state index in [1.807, 2.05) is 5.38 Å². The Morgan fingerprint density at radius 3 is 3.43 bits per heavy atom. The van der Waals surface area contributed by atoms with Crippen molar-refractivity contribution in [2.75, 3.05) is 0 Å². The van der Waals surface area contributed by atoms with Crippen LogP contribution in [0.25, 0.3) is 0 Å². The Labute approximate surface area is 45.3 Å². The number of H-pyrrole nitrogens is 1. The van der Waals surface area contributed by atoms with Crippen LogP contribution in [0.5, 0.6) is 0 Å². The summed E-state index contributed by atoms with van der Waals surface area (Å²) in [7, 11) is 0. The largest absolute Gasteiger partial charge is 0.470 e. The lowest BCUT2D eigenvalue weighted by Gasteiger charge is -1.59. The first-order chi connectivity index (χ1) is 3.50. The Hall–Kier alpha value is -0.700. The summed E-state index contributed by atoms with van der Waals surface area (Å²) in [6, 6.07) is 0. The molecule has 0 amide bonds. The molecule has 2 nitrogen and oxygen atoms in total. The fraction of sp³-hybridized carbons (Fsp3) is 0. The highest BCUT2D eigenvalue weighted by Crippen LogP contribution is 1.83. The molecule has 0 saturated heterocycles. The van der Waals surface area contributed by atoms with Gasteiger partial charge < -0.3 is 8.79 Å². The summed E-state index contributed by atoms with van der Waals surface area (Å²) in [5, 5.41) is 1.82. The van der Waals surface area contributed by atoms with E-state index in [-0.39, 0.29) is 0 Å². The summed E-state index contributed by atoms with van der Waals surface area (Å²) in [6.45, 7) is 0. The van der Waals surface area contributed by atoms with Crippen LogP contribution >= 0.6 is 11.5 Å². The van der Waals surface area contributed by atoms with Crippen LogP contribution in [-0.4, -0.2) is 4.37 Å². The van der Waals surface area contributed by atoms with Crippen LogP contribution < -0.4 is 0 Å². The predicted octanol–water partition coefficient (Wildman–Crippen LogP) is 1.79. The minimum absolute atomic E-state index is 1.47. The summed E-state index contributed by atoms with van der Waals surface area (Å²) in [5.74, 6) is 0. The summed E-state index contributed by atoms with van der Waals surface area (Å²) in [5.41, 5.74) is 0. The lowest BCUT2D eigenvalue weighted by Crippen LogP contribution is -1.41. The molecule has 1 rings (SSSR count). The third kappa shape index (κ3) is 1.45. The Kier molecular flexibility index (Phi) is 1.57. The summed E-state index contributed by atoms with van der Waals surface area (Å²) < 4.78 is 7.62. The molecule has 3 heteroatoms. The number of hydrogen-bond acceptors (Lipinski definition) is 2. The molecular formula is C4H5NOS. The molecule has 0 fully saturated rings. The van der Waals surface area contributed by atoms with Crippen molar-refractivity contribution in [1.82, 2.24) is 4.37 Å². The van der Waals surface area contributed by atoms with Crippen LogP contribution in [-0.2, 0) is 0 Å². The van der Waals surface area contributed by atoms with Crippen molar-refractivity contribution < 1.29 is 4.42 Å². The van der Waals surface area contributed by atoms with Crippen molar-refractivity contribution in [2.45, 2.75) is 0 Å². The normalized spacial score (nSPS) is 8.00. The second-order valence-electron chi connectivity index (χ2n) is 0.947. The van der Waals surface area contributed by atoms with Gasteiger partial charge in [0.05, 0.1) is 0 Å². The lowest BCUT2D eigenvalue weighted by atomic mass is 11.0. The van der Waals surface area contributed by atoms with Gasteiger partial charge in [-0.1, -0.05) is 11.5 Å². The van der Waals surface area contributed by atoms with Crippen LogP contribution in [0.3, 0.4) is 0 Å². The van der Waals surface area contributed by atoms with Gasteiger partial charge in [-0.25, -0.2) is 0 Å². The van der Waals surface area contributed by atoms with E-state index in [4.69, 9.17) is 4.42 Å². The minimum atomic E-state index is 1.47. The van der Waals surface area contributed by atoms with Gasteiger partial charge in [-0.3, -0.25) is 0 Å². The maximum atomic E-state index is 4.75. The molecule has 1 N–H and O–H groups in total. The van der Waals surface area contributed by atoms with Crippen LogP contribution in [0.1, 0.15) is 0 Å². The van der Waals surface area contributed by atoms with Gasteiger partial charge >= 0.3 is 0 Å². The van der Waals surface area contributed by atoms with E-state index < -0.39 is 0 Å². The minimum Gasteiger partial charge on any atom is -0.470 e. The van der Waals surface area contributed by atoms with Gasteiger partial charge in [0.2, 0.25) is 0 Å². The standard InChI is InChI=1S/C4H5NOS/c1-2-6-3-4-7-5-1/h1-5H. The molecule has 0 unspecified atom stereocenters.